The van der Waals surface area contributed by atoms with Crippen molar-refractivity contribution < 1.29 is 12.6 Å². The Bertz CT molecular complexity index is 515. The van der Waals surface area contributed by atoms with Gasteiger partial charge in [0.25, 0.3) is 0 Å². The molecule has 102 valence electrons. The maximum atomic E-state index is 11.9. The van der Waals surface area contributed by atoms with Gasteiger partial charge in [0.15, 0.2) is 0 Å². The Morgan fingerprint density at radius 1 is 1.50 bits per heavy atom. The molecule has 1 aromatic heterocycles. The molecule has 0 aromatic carbocycles. The van der Waals surface area contributed by atoms with Crippen molar-refractivity contribution in [2.75, 3.05) is 17.4 Å². The summed E-state index contributed by atoms with van der Waals surface area (Å²) in [4.78, 5) is 3.85. The zero-order chi connectivity index (χ0) is 13.8. The predicted octanol–water partition coefficient (Wildman–Crippen LogP) is -0.587. The fraction of sp³-hybridized carbons (Fsp3) is 0.444. The van der Waals surface area contributed by atoms with Crippen LogP contribution in [-0.4, -0.2) is 35.7 Å². The Balaban J connectivity index is 2.82. The molecular weight excluding hydrogens is 276 g/mol. The molecule has 9 heteroatoms. The number of anilines is 1. The number of nitrogens with zero attached hydrogens (tertiary/aromatic N) is 1. The summed E-state index contributed by atoms with van der Waals surface area (Å²) in [5, 5.41) is 0. The van der Waals surface area contributed by atoms with Gasteiger partial charge in [-0.2, -0.15) is 0 Å². The van der Waals surface area contributed by atoms with E-state index in [0.717, 1.165) is 0 Å². The highest BCUT2D eigenvalue weighted by Crippen LogP contribution is 2.10. The highest BCUT2D eigenvalue weighted by atomic mass is 32.2. The van der Waals surface area contributed by atoms with Crippen LogP contribution in [-0.2, 0) is 20.8 Å². The van der Waals surface area contributed by atoms with Crippen molar-refractivity contribution in [3.05, 3.63) is 18.3 Å². The van der Waals surface area contributed by atoms with E-state index >= 15 is 0 Å². The van der Waals surface area contributed by atoms with Gasteiger partial charge >= 0.3 is 0 Å². The molecule has 2 atom stereocenters. The number of hydrogen-bond acceptors (Lipinski definition) is 6. The molecule has 7 nitrogen and oxygen atoms in total. The van der Waals surface area contributed by atoms with Crippen LogP contribution in [0.5, 0.6) is 0 Å². The molecule has 1 aromatic rings. The van der Waals surface area contributed by atoms with Gasteiger partial charge in [0, 0.05) is 35.0 Å². The largest absolute Gasteiger partial charge is 0.308 e. The highest BCUT2D eigenvalue weighted by Gasteiger charge is 2.18. The number of hydrazine groups is 1. The Kier molecular flexibility index (Phi) is 5.20. The minimum Gasteiger partial charge on any atom is -0.308 e. The van der Waals surface area contributed by atoms with E-state index in [-0.39, 0.29) is 10.6 Å². The number of rotatable bonds is 6. The summed E-state index contributed by atoms with van der Waals surface area (Å²) in [7, 11) is -4.71. The summed E-state index contributed by atoms with van der Waals surface area (Å²) in [5.74, 6) is 5.76. The topological polar surface area (TPSA) is 114 Å². The molecule has 0 bridgehead atoms. The summed E-state index contributed by atoms with van der Waals surface area (Å²) in [5.41, 5.74) is 2.31. The van der Waals surface area contributed by atoms with Crippen molar-refractivity contribution in [2.24, 2.45) is 5.84 Å². The summed E-state index contributed by atoms with van der Waals surface area (Å²) in [6, 6.07) is 2.44. The fourth-order valence-electron chi connectivity index (χ4n) is 1.34. The van der Waals surface area contributed by atoms with Crippen molar-refractivity contribution >= 4 is 26.6 Å². The average Bonchev–Trinajstić information content (AvgIpc) is 2.27. The van der Waals surface area contributed by atoms with Crippen LogP contribution in [0.4, 0.5) is 5.82 Å². The van der Waals surface area contributed by atoms with Crippen LogP contribution >= 0.6 is 0 Å². The van der Waals surface area contributed by atoms with E-state index in [4.69, 9.17) is 5.84 Å². The molecule has 18 heavy (non-hydrogen) atoms. The van der Waals surface area contributed by atoms with E-state index in [1.165, 1.54) is 24.6 Å². The number of pyridine rings is 1. The number of nitrogens with one attached hydrogen (secondary N) is 2. The van der Waals surface area contributed by atoms with Crippen LogP contribution in [0.25, 0.3) is 0 Å². The predicted molar refractivity (Wildman–Crippen MR) is 70.8 cm³/mol. The second-order valence-electron chi connectivity index (χ2n) is 3.79. The summed E-state index contributed by atoms with van der Waals surface area (Å²) >= 11 is 0. The lowest BCUT2D eigenvalue weighted by molar-refractivity contribution is 0.569. The Morgan fingerprint density at radius 2 is 2.17 bits per heavy atom. The van der Waals surface area contributed by atoms with Gasteiger partial charge in [-0.3, -0.25) is 4.21 Å². The number of hydrogen-bond donors (Lipinski definition) is 3. The SMILES string of the molecule is CC(CS(C)=O)NS(=O)(=O)c1ccc(NN)nc1. The first-order valence-corrected chi connectivity index (χ1v) is 8.31. The Labute approximate surface area is 109 Å². The quantitative estimate of drug-likeness (QED) is 0.477. The lowest BCUT2D eigenvalue weighted by Gasteiger charge is -2.12. The minimum absolute atomic E-state index is 0.0373. The second-order valence-corrected chi connectivity index (χ2v) is 6.98. The first-order valence-electron chi connectivity index (χ1n) is 5.10. The number of nitrogen functional groups attached to an aromatic ring is 1. The molecule has 0 radical (unpaired) electrons. The van der Waals surface area contributed by atoms with Crippen LogP contribution in [0, 0.1) is 0 Å². The summed E-state index contributed by atoms with van der Waals surface area (Å²) in [6.07, 6.45) is 2.72. The lowest BCUT2D eigenvalue weighted by Crippen LogP contribution is -2.36. The molecule has 0 aliphatic carbocycles. The zero-order valence-electron chi connectivity index (χ0n) is 10.1. The molecule has 2 unspecified atom stereocenters. The molecule has 0 spiro atoms. The van der Waals surface area contributed by atoms with E-state index in [9.17, 15) is 12.6 Å². The van der Waals surface area contributed by atoms with Crippen LogP contribution in [0.15, 0.2) is 23.2 Å². The molecule has 0 saturated heterocycles. The maximum Gasteiger partial charge on any atom is 0.242 e. The van der Waals surface area contributed by atoms with Crippen LogP contribution in [0.1, 0.15) is 6.92 Å². The zero-order valence-corrected chi connectivity index (χ0v) is 11.7. The molecule has 0 aliphatic rings. The first-order chi connectivity index (χ1) is 8.35. The van der Waals surface area contributed by atoms with Gasteiger partial charge in [0.05, 0.1) is 0 Å². The van der Waals surface area contributed by atoms with Crippen molar-refractivity contribution in [3.8, 4) is 0 Å². The van der Waals surface area contributed by atoms with E-state index in [0.29, 0.717) is 5.82 Å². The molecule has 1 heterocycles. The summed E-state index contributed by atoms with van der Waals surface area (Å²) in [6.45, 7) is 1.65. The van der Waals surface area contributed by atoms with Gasteiger partial charge in [-0.1, -0.05) is 0 Å². The van der Waals surface area contributed by atoms with Gasteiger partial charge < -0.3 is 5.43 Å². The van der Waals surface area contributed by atoms with Crippen LogP contribution in [0.3, 0.4) is 0 Å². The number of sulfonamides is 1. The normalized spacial score (nSPS) is 15.1. The molecule has 0 fully saturated rings. The summed E-state index contributed by atoms with van der Waals surface area (Å²) < 4.78 is 37.3. The van der Waals surface area contributed by atoms with Crippen LogP contribution < -0.4 is 16.0 Å². The van der Waals surface area contributed by atoms with E-state index in [1.54, 1.807) is 6.92 Å². The fourth-order valence-corrected chi connectivity index (χ4v) is 3.42. The van der Waals surface area contributed by atoms with Gasteiger partial charge in [-0.15, -0.1) is 0 Å². The van der Waals surface area contributed by atoms with E-state index in [2.05, 4.69) is 15.1 Å². The molecule has 0 amide bonds. The maximum absolute atomic E-state index is 11.9. The highest BCUT2D eigenvalue weighted by molar-refractivity contribution is 7.89. The third-order valence-electron chi connectivity index (χ3n) is 2.04. The van der Waals surface area contributed by atoms with Gasteiger partial charge in [-0.25, -0.2) is 24.0 Å². The van der Waals surface area contributed by atoms with Crippen molar-refractivity contribution in [1.82, 2.24) is 9.71 Å². The molecule has 0 aliphatic heterocycles. The Morgan fingerprint density at radius 3 is 2.61 bits per heavy atom. The smallest absolute Gasteiger partial charge is 0.242 e. The number of aromatic nitrogens is 1. The monoisotopic (exact) mass is 292 g/mol. The first kappa shape index (κ1) is 15.0. The van der Waals surface area contributed by atoms with Crippen molar-refractivity contribution in [1.29, 1.82) is 0 Å². The second kappa shape index (κ2) is 6.23. The van der Waals surface area contributed by atoms with Gasteiger partial charge in [0.1, 0.15) is 10.7 Å². The van der Waals surface area contributed by atoms with Gasteiger partial charge in [-0.05, 0) is 19.1 Å². The minimum atomic E-state index is -3.65. The molecule has 1 rings (SSSR count). The van der Waals surface area contributed by atoms with E-state index in [1.807, 2.05) is 0 Å². The molecular formula is C9H16N4O3S2. The van der Waals surface area contributed by atoms with Gasteiger partial charge in [0.2, 0.25) is 10.0 Å². The molecule has 4 N–H and O–H groups in total. The van der Waals surface area contributed by atoms with Crippen molar-refractivity contribution in [3.63, 3.8) is 0 Å². The average molecular weight is 292 g/mol. The number of nitrogens with two attached hydrogens (primary N) is 1. The van der Waals surface area contributed by atoms with E-state index < -0.39 is 26.9 Å². The molecule has 0 saturated carbocycles. The lowest BCUT2D eigenvalue weighted by atomic mass is 10.4. The van der Waals surface area contributed by atoms with Crippen LogP contribution in [0.2, 0.25) is 0 Å². The Hall–Kier alpha value is -1.03. The van der Waals surface area contributed by atoms with Crippen molar-refractivity contribution in [2.45, 2.75) is 17.9 Å². The standard InChI is InChI=1S/C9H16N4O3S2/c1-7(6-17(2)14)13-18(15,16)8-3-4-9(12-10)11-5-8/h3-5,7,13H,6,10H2,1-2H3,(H,11,12). The third kappa shape index (κ3) is 4.33. The third-order valence-corrected chi connectivity index (χ3v) is 4.58.